The van der Waals surface area contributed by atoms with Crippen LogP contribution in [0.5, 0.6) is 5.75 Å². The van der Waals surface area contributed by atoms with E-state index in [4.69, 9.17) is 11.6 Å². The fourth-order valence-corrected chi connectivity index (χ4v) is 3.73. The zero-order chi connectivity index (χ0) is 23.9. The number of halogens is 4. The number of phenols is 1. The van der Waals surface area contributed by atoms with Crippen molar-refractivity contribution in [1.29, 1.82) is 0 Å². The van der Waals surface area contributed by atoms with Crippen molar-refractivity contribution < 1.29 is 27.9 Å². The van der Waals surface area contributed by atoms with Gasteiger partial charge in [0.15, 0.2) is 0 Å². The van der Waals surface area contributed by atoms with Gasteiger partial charge in [0.2, 0.25) is 0 Å². The van der Waals surface area contributed by atoms with E-state index < -0.39 is 23.8 Å². The molecule has 0 saturated heterocycles. The number of phenolic OH excluding ortho intramolecular Hbond substituents is 1. The maximum atomic E-state index is 13.7. The first-order valence-corrected chi connectivity index (χ1v) is 10.2. The number of imide groups is 1. The molecule has 0 fully saturated rings. The Kier molecular flexibility index (Phi) is 5.67. The lowest BCUT2D eigenvalue weighted by molar-refractivity contribution is -0.137. The largest absolute Gasteiger partial charge is 0.506 e. The summed E-state index contributed by atoms with van der Waals surface area (Å²) in [6.45, 7) is 1.71. The molecule has 170 valence electrons. The van der Waals surface area contributed by atoms with Gasteiger partial charge in [0.1, 0.15) is 5.75 Å². The van der Waals surface area contributed by atoms with E-state index in [1.54, 1.807) is 37.3 Å². The number of hydrogen-bond donors (Lipinski definition) is 1. The number of nitrogens with zero attached hydrogens (tertiary/aromatic N) is 3. The van der Waals surface area contributed by atoms with Gasteiger partial charge < -0.3 is 5.11 Å². The summed E-state index contributed by atoms with van der Waals surface area (Å²) in [6, 6.07) is 13.0. The summed E-state index contributed by atoms with van der Waals surface area (Å²) in [4.78, 5) is 30.3. The Bertz CT molecular complexity index is 1230. The molecule has 1 aliphatic rings. The van der Waals surface area contributed by atoms with E-state index in [1.165, 1.54) is 23.1 Å². The van der Waals surface area contributed by atoms with E-state index >= 15 is 0 Å². The van der Waals surface area contributed by atoms with Crippen molar-refractivity contribution in [2.45, 2.75) is 13.1 Å². The van der Waals surface area contributed by atoms with E-state index in [9.17, 15) is 27.9 Å². The lowest BCUT2D eigenvalue weighted by atomic mass is 10.1. The van der Waals surface area contributed by atoms with Crippen molar-refractivity contribution in [3.05, 3.63) is 77.3 Å². The summed E-state index contributed by atoms with van der Waals surface area (Å²) in [5.41, 5.74) is -0.659. The molecule has 0 spiro atoms. The van der Waals surface area contributed by atoms with Crippen LogP contribution in [-0.2, 0) is 6.18 Å². The number of amides is 4. The third kappa shape index (κ3) is 3.95. The predicted octanol–water partition coefficient (Wildman–Crippen LogP) is 6.79. The molecule has 3 aromatic rings. The standard InChI is InChI=1S/C23H17ClF3N3O3/c1-2-28-18-11-8-14(23(25,26)27)12-19(18)29(15-6-4-3-5-7-15)22(33)30(21(28)32)16-9-10-17(24)20(31)13-16/h3-13,31H,2H2,1H3. The third-order valence-electron chi connectivity index (χ3n) is 5.16. The molecular formula is C23H17ClF3N3O3. The Balaban J connectivity index is 2.00. The maximum Gasteiger partial charge on any atom is 0.416 e. The van der Waals surface area contributed by atoms with Crippen molar-refractivity contribution in [1.82, 2.24) is 0 Å². The predicted molar refractivity (Wildman–Crippen MR) is 119 cm³/mol. The number of fused-ring (bicyclic) bond motifs is 1. The fraction of sp³-hybridized carbons (Fsp3) is 0.130. The number of para-hydroxylation sites is 1. The summed E-state index contributed by atoms with van der Waals surface area (Å²) in [5.74, 6) is -0.356. The van der Waals surface area contributed by atoms with Gasteiger partial charge in [-0.1, -0.05) is 29.8 Å². The second-order valence-corrected chi connectivity index (χ2v) is 7.56. The van der Waals surface area contributed by atoms with Gasteiger partial charge in [-0.05, 0) is 49.4 Å². The second-order valence-electron chi connectivity index (χ2n) is 7.15. The Morgan fingerprint density at radius 3 is 2.15 bits per heavy atom. The lowest BCUT2D eigenvalue weighted by Crippen LogP contribution is -2.48. The second kappa shape index (κ2) is 8.32. The molecule has 33 heavy (non-hydrogen) atoms. The first kappa shape index (κ1) is 22.5. The van der Waals surface area contributed by atoms with Crippen molar-refractivity contribution in [2.24, 2.45) is 0 Å². The van der Waals surface area contributed by atoms with Gasteiger partial charge in [0.05, 0.1) is 33.3 Å². The number of alkyl halides is 3. The Hall–Kier alpha value is -3.72. The highest BCUT2D eigenvalue weighted by Crippen LogP contribution is 2.43. The first-order chi connectivity index (χ1) is 15.6. The summed E-state index contributed by atoms with van der Waals surface area (Å²) in [7, 11) is 0. The van der Waals surface area contributed by atoms with Crippen molar-refractivity contribution in [2.75, 3.05) is 21.2 Å². The zero-order valence-electron chi connectivity index (χ0n) is 17.2. The van der Waals surface area contributed by atoms with Gasteiger partial charge in [-0.15, -0.1) is 0 Å². The van der Waals surface area contributed by atoms with Gasteiger partial charge in [0.25, 0.3) is 0 Å². The molecule has 10 heteroatoms. The number of carbonyl (C=O) groups is 2. The van der Waals surface area contributed by atoms with Crippen LogP contribution in [0.1, 0.15) is 12.5 Å². The quantitative estimate of drug-likeness (QED) is 0.453. The molecule has 4 rings (SSSR count). The molecular weight excluding hydrogens is 459 g/mol. The van der Waals surface area contributed by atoms with Crippen LogP contribution < -0.4 is 14.7 Å². The fourth-order valence-electron chi connectivity index (χ4n) is 3.61. The van der Waals surface area contributed by atoms with Crippen LogP contribution in [0, 0.1) is 0 Å². The molecule has 0 bridgehead atoms. The van der Waals surface area contributed by atoms with E-state index in [-0.39, 0.29) is 40.1 Å². The number of anilines is 4. The summed E-state index contributed by atoms with van der Waals surface area (Å²) in [6.07, 6.45) is -4.66. The smallest absolute Gasteiger partial charge is 0.416 e. The summed E-state index contributed by atoms with van der Waals surface area (Å²) >= 11 is 5.87. The molecule has 3 aromatic carbocycles. The Labute approximate surface area is 192 Å². The zero-order valence-corrected chi connectivity index (χ0v) is 17.9. The molecule has 0 saturated carbocycles. The van der Waals surface area contributed by atoms with Crippen LogP contribution in [0.25, 0.3) is 0 Å². The minimum absolute atomic E-state index is 0.00938. The Morgan fingerprint density at radius 1 is 0.848 bits per heavy atom. The van der Waals surface area contributed by atoms with Gasteiger partial charge >= 0.3 is 18.2 Å². The number of aromatic hydroxyl groups is 1. The van der Waals surface area contributed by atoms with Crippen molar-refractivity contribution in [3.8, 4) is 5.75 Å². The van der Waals surface area contributed by atoms with Crippen LogP contribution in [0.3, 0.4) is 0 Å². The molecule has 6 nitrogen and oxygen atoms in total. The molecule has 0 aliphatic carbocycles. The van der Waals surface area contributed by atoms with Crippen LogP contribution in [0.4, 0.5) is 45.5 Å². The van der Waals surface area contributed by atoms with E-state index in [0.717, 1.165) is 28.0 Å². The first-order valence-electron chi connectivity index (χ1n) is 9.84. The molecule has 0 aromatic heterocycles. The molecule has 0 unspecified atom stereocenters. The lowest BCUT2D eigenvalue weighted by Gasteiger charge is -2.27. The number of carbonyl (C=O) groups excluding carboxylic acids is 2. The SMILES string of the molecule is CCN1C(=O)N(c2ccc(Cl)c(O)c2)C(=O)N(c2ccccc2)c2cc(C(F)(F)F)ccc21. The van der Waals surface area contributed by atoms with Crippen molar-refractivity contribution in [3.63, 3.8) is 0 Å². The maximum absolute atomic E-state index is 13.7. The van der Waals surface area contributed by atoms with Crippen molar-refractivity contribution >= 4 is 46.4 Å². The minimum atomic E-state index is -4.66. The number of hydrogen-bond acceptors (Lipinski definition) is 3. The van der Waals surface area contributed by atoms with Crippen LogP contribution >= 0.6 is 11.6 Å². The van der Waals surface area contributed by atoms with Gasteiger partial charge in [-0.2, -0.15) is 13.2 Å². The molecule has 0 atom stereocenters. The van der Waals surface area contributed by atoms with Crippen LogP contribution in [-0.4, -0.2) is 23.7 Å². The summed E-state index contributed by atoms with van der Waals surface area (Å²) < 4.78 is 40.6. The molecule has 1 aliphatic heterocycles. The third-order valence-corrected chi connectivity index (χ3v) is 5.48. The average Bonchev–Trinajstić information content (AvgIpc) is 2.86. The summed E-state index contributed by atoms with van der Waals surface area (Å²) in [5, 5.41) is 10.1. The number of benzene rings is 3. The Morgan fingerprint density at radius 2 is 1.55 bits per heavy atom. The topological polar surface area (TPSA) is 64.1 Å². The minimum Gasteiger partial charge on any atom is -0.506 e. The average molecular weight is 476 g/mol. The van der Waals surface area contributed by atoms with E-state index in [1.807, 2.05) is 0 Å². The molecule has 4 amide bonds. The molecule has 0 radical (unpaired) electrons. The highest BCUT2D eigenvalue weighted by atomic mass is 35.5. The molecule has 1 N–H and O–H groups in total. The molecule has 1 heterocycles. The van der Waals surface area contributed by atoms with Gasteiger partial charge in [-0.3, -0.25) is 9.80 Å². The highest BCUT2D eigenvalue weighted by molar-refractivity contribution is 6.32. The highest BCUT2D eigenvalue weighted by Gasteiger charge is 2.41. The number of urea groups is 2. The van der Waals surface area contributed by atoms with Gasteiger partial charge in [0, 0.05) is 12.6 Å². The normalized spacial score (nSPS) is 14.4. The van der Waals surface area contributed by atoms with Crippen LogP contribution in [0.15, 0.2) is 66.7 Å². The monoisotopic (exact) mass is 475 g/mol. The van der Waals surface area contributed by atoms with Gasteiger partial charge in [-0.25, -0.2) is 14.5 Å². The number of rotatable bonds is 3. The van der Waals surface area contributed by atoms with E-state index in [0.29, 0.717) is 0 Å². The van der Waals surface area contributed by atoms with E-state index in [2.05, 4.69) is 0 Å². The van der Waals surface area contributed by atoms with Crippen LogP contribution in [0.2, 0.25) is 5.02 Å².